The van der Waals surface area contributed by atoms with E-state index in [1.54, 1.807) is 31.2 Å². The molecule has 4 rings (SSSR count). The van der Waals surface area contributed by atoms with Gasteiger partial charge >= 0.3 is 11.9 Å². The van der Waals surface area contributed by atoms with E-state index in [0.717, 1.165) is 34.6 Å². The van der Waals surface area contributed by atoms with Gasteiger partial charge in [0.05, 0.1) is 23.3 Å². The SMILES string of the molecule is CCOC(=O)c1c(NC(=O)COC(=O)[C@@H](CC(C)C)N2C(=O)c3ccccc3C2=O)sc2c1CC[C@@H](C)C2. The Kier molecular flexibility index (Phi) is 8.30. The van der Waals surface area contributed by atoms with Crippen LogP contribution < -0.4 is 5.32 Å². The summed E-state index contributed by atoms with van der Waals surface area (Å²) < 4.78 is 10.5. The lowest BCUT2D eigenvalue weighted by atomic mass is 9.88. The number of nitrogens with zero attached hydrogens (tertiary/aromatic N) is 1. The molecule has 2 aliphatic rings. The van der Waals surface area contributed by atoms with E-state index < -0.39 is 42.3 Å². The molecule has 2 heterocycles. The van der Waals surface area contributed by atoms with Gasteiger partial charge in [-0.1, -0.05) is 32.9 Å². The van der Waals surface area contributed by atoms with Crippen molar-refractivity contribution in [2.45, 2.75) is 59.4 Å². The number of amides is 3. The molecule has 0 fully saturated rings. The van der Waals surface area contributed by atoms with Gasteiger partial charge in [0, 0.05) is 4.88 Å². The molecule has 0 saturated carbocycles. The maximum absolute atomic E-state index is 13.1. The molecule has 38 heavy (non-hydrogen) atoms. The number of thiophene rings is 1. The van der Waals surface area contributed by atoms with Crippen molar-refractivity contribution >= 4 is 46.0 Å². The molecule has 0 radical (unpaired) electrons. The minimum Gasteiger partial charge on any atom is -0.462 e. The van der Waals surface area contributed by atoms with Gasteiger partial charge in [-0.05, 0) is 62.1 Å². The first-order valence-electron chi connectivity index (χ1n) is 12.9. The molecule has 10 heteroatoms. The Balaban J connectivity index is 1.47. The number of nitrogens with one attached hydrogen (secondary N) is 1. The maximum Gasteiger partial charge on any atom is 0.341 e. The lowest BCUT2D eigenvalue weighted by Crippen LogP contribution is -2.46. The number of hydrogen-bond acceptors (Lipinski definition) is 8. The first-order chi connectivity index (χ1) is 18.1. The van der Waals surface area contributed by atoms with E-state index in [1.807, 2.05) is 13.8 Å². The van der Waals surface area contributed by atoms with E-state index >= 15 is 0 Å². The number of carbonyl (C=O) groups is 5. The Morgan fingerprint density at radius 1 is 1.11 bits per heavy atom. The Bertz CT molecular complexity index is 1250. The number of anilines is 1. The highest BCUT2D eigenvalue weighted by Gasteiger charge is 2.43. The van der Waals surface area contributed by atoms with Crippen LogP contribution in [-0.2, 0) is 31.9 Å². The van der Waals surface area contributed by atoms with Crippen LogP contribution >= 0.6 is 11.3 Å². The Hall–Kier alpha value is -3.53. The second kappa shape index (κ2) is 11.5. The van der Waals surface area contributed by atoms with Gasteiger partial charge in [-0.25, -0.2) is 9.59 Å². The van der Waals surface area contributed by atoms with Crippen LogP contribution in [0.25, 0.3) is 0 Å². The van der Waals surface area contributed by atoms with E-state index in [-0.39, 0.29) is 30.1 Å². The van der Waals surface area contributed by atoms with Crippen molar-refractivity contribution in [3.63, 3.8) is 0 Å². The third-order valence-electron chi connectivity index (χ3n) is 6.69. The number of benzene rings is 1. The largest absolute Gasteiger partial charge is 0.462 e. The molecule has 1 aromatic carbocycles. The predicted octanol–water partition coefficient (Wildman–Crippen LogP) is 4.24. The minimum absolute atomic E-state index is 0.0299. The molecular weight excluding hydrogens is 508 g/mol. The molecule has 1 N–H and O–H groups in total. The molecule has 3 amide bonds. The summed E-state index contributed by atoms with van der Waals surface area (Å²) in [4.78, 5) is 66.5. The van der Waals surface area contributed by atoms with Gasteiger partial charge in [0.2, 0.25) is 0 Å². The number of carbonyl (C=O) groups excluding carboxylic acids is 5. The summed E-state index contributed by atoms with van der Waals surface area (Å²) in [6.07, 6.45) is 2.67. The summed E-state index contributed by atoms with van der Waals surface area (Å²) >= 11 is 1.34. The summed E-state index contributed by atoms with van der Waals surface area (Å²) in [5.74, 6) is -2.63. The van der Waals surface area contributed by atoms with Gasteiger partial charge in [-0.2, -0.15) is 0 Å². The molecule has 2 aromatic rings. The van der Waals surface area contributed by atoms with E-state index in [1.165, 1.54) is 11.3 Å². The monoisotopic (exact) mass is 540 g/mol. The first-order valence-corrected chi connectivity index (χ1v) is 13.7. The fraction of sp³-hybridized carbons (Fsp3) is 0.464. The standard InChI is InChI=1S/C28H32N2O7S/c1-5-36-28(35)23-19-11-10-16(4)13-21(19)38-24(23)29-22(31)14-37-27(34)20(12-15(2)3)30-25(32)17-8-6-7-9-18(17)26(30)33/h6-9,15-16,20H,5,10-14H2,1-4H3,(H,29,31)/t16-,20-/m1/s1. The highest BCUT2D eigenvalue weighted by atomic mass is 32.1. The summed E-state index contributed by atoms with van der Waals surface area (Å²) in [6, 6.07) is 5.23. The van der Waals surface area contributed by atoms with Crippen LogP contribution in [0.4, 0.5) is 5.00 Å². The molecular formula is C28H32N2O7S. The third-order valence-corrected chi connectivity index (χ3v) is 7.86. The number of rotatable bonds is 9. The van der Waals surface area contributed by atoms with Crippen LogP contribution in [-0.4, -0.2) is 53.8 Å². The van der Waals surface area contributed by atoms with E-state index in [2.05, 4.69) is 12.2 Å². The number of ether oxygens (including phenoxy) is 2. The molecule has 9 nitrogen and oxygen atoms in total. The van der Waals surface area contributed by atoms with Crippen molar-refractivity contribution in [3.8, 4) is 0 Å². The van der Waals surface area contributed by atoms with Gasteiger partial charge in [0.25, 0.3) is 17.7 Å². The molecule has 202 valence electrons. The zero-order valence-electron chi connectivity index (χ0n) is 22.0. The quantitative estimate of drug-likeness (QED) is 0.373. The molecule has 0 saturated heterocycles. The van der Waals surface area contributed by atoms with Gasteiger partial charge in [0.1, 0.15) is 11.0 Å². The fourth-order valence-electron chi connectivity index (χ4n) is 4.90. The number of imide groups is 1. The lowest BCUT2D eigenvalue weighted by molar-refractivity contribution is -0.151. The summed E-state index contributed by atoms with van der Waals surface area (Å²) in [7, 11) is 0. The summed E-state index contributed by atoms with van der Waals surface area (Å²) in [5.41, 5.74) is 1.74. The third kappa shape index (κ3) is 5.50. The molecule has 1 aromatic heterocycles. The normalized spacial score (nSPS) is 17.2. The number of esters is 2. The van der Waals surface area contributed by atoms with Crippen LogP contribution in [0.1, 0.15) is 82.1 Å². The molecule has 2 atom stereocenters. The minimum atomic E-state index is -1.17. The van der Waals surface area contributed by atoms with Crippen LogP contribution in [0.5, 0.6) is 0 Å². The topological polar surface area (TPSA) is 119 Å². The highest BCUT2D eigenvalue weighted by Crippen LogP contribution is 2.40. The van der Waals surface area contributed by atoms with E-state index in [0.29, 0.717) is 16.5 Å². The average molecular weight is 541 g/mol. The highest BCUT2D eigenvalue weighted by molar-refractivity contribution is 7.17. The Labute approximate surface area is 225 Å². The Morgan fingerprint density at radius 2 is 1.76 bits per heavy atom. The van der Waals surface area contributed by atoms with Crippen molar-refractivity contribution in [3.05, 3.63) is 51.4 Å². The van der Waals surface area contributed by atoms with Gasteiger partial charge in [-0.15, -0.1) is 11.3 Å². The van der Waals surface area contributed by atoms with Crippen molar-refractivity contribution in [2.24, 2.45) is 11.8 Å². The second-order valence-corrected chi connectivity index (χ2v) is 11.2. The molecule has 0 spiro atoms. The van der Waals surface area contributed by atoms with Crippen LogP contribution in [0.3, 0.4) is 0 Å². The van der Waals surface area contributed by atoms with Crippen LogP contribution in [0.2, 0.25) is 0 Å². The van der Waals surface area contributed by atoms with Crippen molar-refractivity contribution in [1.29, 1.82) is 0 Å². The van der Waals surface area contributed by atoms with E-state index in [9.17, 15) is 24.0 Å². The zero-order valence-corrected chi connectivity index (χ0v) is 22.8. The van der Waals surface area contributed by atoms with Crippen LogP contribution in [0.15, 0.2) is 24.3 Å². The molecule has 1 aliphatic heterocycles. The molecule has 0 unspecified atom stereocenters. The van der Waals surface area contributed by atoms with Gasteiger partial charge in [-0.3, -0.25) is 19.3 Å². The van der Waals surface area contributed by atoms with Crippen molar-refractivity contribution < 1.29 is 33.4 Å². The van der Waals surface area contributed by atoms with Crippen molar-refractivity contribution in [2.75, 3.05) is 18.5 Å². The number of hydrogen-bond donors (Lipinski definition) is 1. The van der Waals surface area contributed by atoms with Gasteiger partial charge < -0.3 is 14.8 Å². The van der Waals surface area contributed by atoms with E-state index in [4.69, 9.17) is 9.47 Å². The predicted molar refractivity (Wildman–Crippen MR) is 141 cm³/mol. The van der Waals surface area contributed by atoms with Crippen LogP contribution in [0, 0.1) is 11.8 Å². The van der Waals surface area contributed by atoms with Crippen molar-refractivity contribution in [1.82, 2.24) is 4.90 Å². The maximum atomic E-state index is 13.1. The zero-order chi connectivity index (χ0) is 27.6. The Morgan fingerprint density at radius 3 is 2.37 bits per heavy atom. The second-order valence-electron chi connectivity index (χ2n) is 10.1. The fourth-order valence-corrected chi connectivity index (χ4v) is 6.31. The molecule has 1 aliphatic carbocycles. The summed E-state index contributed by atoms with van der Waals surface area (Å²) in [5, 5.41) is 3.09. The smallest absolute Gasteiger partial charge is 0.341 e. The van der Waals surface area contributed by atoms with Gasteiger partial charge in [0.15, 0.2) is 6.61 Å². The molecule has 0 bridgehead atoms. The first kappa shape index (κ1) is 27.5. The number of fused-ring (bicyclic) bond motifs is 2. The average Bonchev–Trinajstić information content (AvgIpc) is 3.34. The lowest BCUT2D eigenvalue weighted by Gasteiger charge is -2.25. The summed E-state index contributed by atoms with van der Waals surface area (Å²) in [6.45, 7) is 7.17.